The molecular weight excluding hydrogens is 338 g/mol. The van der Waals surface area contributed by atoms with Crippen LogP contribution in [0.25, 0.3) is 0 Å². The molecule has 6 heteroatoms. The van der Waals surface area contributed by atoms with Crippen molar-refractivity contribution < 1.29 is 9.59 Å². The zero-order valence-corrected chi connectivity index (χ0v) is 16.0. The van der Waals surface area contributed by atoms with E-state index in [1.807, 2.05) is 19.2 Å². The third kappa shape index (κ3) is 5.72. The fraction of sp³-hybridized carbons (Fsp3) is 0.579. The third-order valence-electron chi connectivity index (χ3n) is 5.16. The fourth-order valence-corrected chi connectivity index (χ4v) is 3.48. The lowest BCUT2D eigenvalue weighted by atomic mass is 9.71. The van der Waals surface area contributed by atoms with Crippen LogP contribution >= 0.6 is 12.4 Å². The van der Waals surface area contributed by atoms with Gasteiger partial charge in [0.1, 0.15) is 0 Å². The smallest absolute Gasteiger partial charge is 0.251 e. The summed E-state index contributed by atoms with van der Waals surface area (Å²) in [7, 11) is 3.45. The highest BCUT2D eigenvalue weighted by Gasteiger charge is 2.33. The van der Waals surface area contributed by atoms with Crippen LogP contribution in [-0.4, -0.2) is 37.4 Å². The van der Waals surface area contributed by atoms with Crippen LogP contribution in [0.2, 0.25) is 0 Å². The topological polar surface area (TPSA) is 75.4 Å². The Bertz CT molecular complexity index is 569. The van der Waals surface area contributed by atoms with E-state index in [1.165, 1.54) is 19.3 Å². The quantitative estimate of drug-likeness (QED) is 0.811. The van der Waals surface area contributed by atoms with E-state index >= 15 is 0 Å². The molecule has 5 nitrogen and oxygen atoms in total. The zero-order valence-electron chi connectivity index (χ0n) is 15.2. The number of amides is 2. The molecular formula is C19H30ClN3O2. The summed E-state index contributed by atoms with van der Waals surface area (Å²) in [6.07, 6.45) is 6.26. The molecule has 0 aromatic heterocycles. The second-order valence-corrected chi connectivity index (χ2v) is 6.97. The molecule has 1 saturated carbocycles. The monoisotopic (exact) mass is 367 g/mol. The van der Waals surface area contributed by atoms with Crippen molar-refractivity contribution >= 4 is 24.2 Å². The van der Waals surface area contributed by atoms with Crippen LogP contribution in [0.5, 0.6) is 0 Å². The summed E-state index contributed by atoms with van der Waals surface area (Å²) < 4.78 is 0. The summed E-state index contributed by atoms with van der Waals surface area (Å²) in [5.41, 5.74) is 7.62. The number of halogens is 1. The molecule has 0 aliphatic heterocycles. The number of rotatable bonds is 6. The Hall–Kier alpha value is -1.59. The Balaban J connectivity index is 0.00000312. The van der Waals surface area contributed by atoms with E-state index in [-0.39, 0.29) is 29.6 Å². The summed E-state index contributed by atoms with van der Waals surface area (Å²) in [4.78, 5) is 25.9. The van der Waals surface area contributed by atoms with Gasteiger partial charge in [0.15, 0.2) is 0 Å². The molecule has 1 aliphatic carbocycles. The van der Waals surface area contributed by atoms with Gasteiger partial charge in [0.25, 0.3) is 5.91 Å². The Morgan fingerprint density at radius 3 is 2.28 bits per heavy atom. The average Bonchev–Trinajstić information content (AvgIpc) is 2.62. The van der Waals surface area contributed by atoms with Crippen LogP contribution < -0.4 is 11.1 Å². The third-order valence-corrected chi connectivity index (χ3v) is 5.16. The summed E-state index contributed by atoms with van der Waals surface area (Å²) in [6.45, 7) is 1.14. The molecule has 140 valence electrons. The summed E-state index contributed by atoms with van der Waals surface area (Å²) in [5.74, 6) is 0.0471. The molecule has 0 heterocycles. The first-order valence-corrected chi connectivity index (χ1v) is 8.75. The molecule has 0 saturated heterocycles. The van der Waals surface area contributed by atoms with Crippen LogP contribution in [0.3, 0.4) is 0 Å². The Morgan fingerprint density at radius 1 is 1.16 bits per heavy atom. The van der Waals surface area contributed by atoms with Crippen LogP contribution in [0.4, 0.5) is 0 Å². The number of nitrogens with zero attached hydrogens (tertiary/aromatic N) is 1. The second-order valence-electron chi connectivity index (χ2n) is 6.97. The van der Waals surface area contributed by atoms with Gasteiger partial charge in [0.05, 0.1) is 0 Å². The van der Waals surface area contributed by atoms with Crippen LogP contribution in [0, 0.1) is 5.41 Å². The van der Waals surface area contributed by atoms with Gasteiger partial charge in [0.2, 0.25) is 5.91 Å². The first-order valence-electron chi connectivity index (χ1n) is 8.75. The SMILES string of the molecule is CNC(=O)c1ccc(CN(C)C(=O)CC2(CN)CCCCC2)cc1.Cl. The molecule has 25 heavy (non-hydrogen) atoms. The van der Waals surface area contributed by atoms with Crippen molar-refractivity contribution in [2.45, 2.75) is 45.1 Å². The Morgan fingerprint density at radius 2 is 1.76 bits per heavy atom. The van der Waals surface area contributed by atoms with Crippen molar-refractivity contribution in [3.63, 3.8) is 0 Å². The van der Waals surface area contributed by atoms with Gasteiger partial charge in [0, 0.05) is 32.6 Å². The molecule has 2 amide bonds. The number of benzene rings is 1. The molecule has 3 N–H and O–H groups in total. The Labute approximate surface area is 156 Å². The van der Waals surface area contributed by atoms with E-state index in [9.17, 15) is 9.59 Å². The van der Waals surface area contributed by atoms with E-state index in [0.717, 1.165) is 18.4 Å². The van der Waals surface area contributed by atoms with Gasteiger partial charge in [-0.2, -0.15) is 0 Å². The van der Waals surface area contributed by atoms with Crippen molar-refractivity contribution in [1.29, 1.82) is 0 Å². The first-order chi connectivity index (χ1) is 11.5. The molecule has 1 aromatic rings. The Kier molecular flexibility index (Phi) is 8.39. The molecule has 0 spiro atoms. The van der Waals surface area contributed by atoms with Gasteiger partial charge >= 0.3 is 0 Å². The normalized spacial score (nSPS) is 15.8. The minimum atomic E-state index is -0.104. The lowest BCUT2D eigenvalue weighted by Crippen LogP contribution is -2.39. The van der Waals surface area contributed by atoms with Gasteiger partial charge in [-0.25, -0.2) is 0 Å². The van der Waals surface area contributed by atoms with E-state index in [2.05, 4.69) is 5.32 Å². The lowest BCUT2D eigenvalue weighted by Gasteiger charge is -2.36. The van der Waals surface area contributed by atoms with Gasteiger partial charge in [-0.05, 0) is 42.5 Å². The van der Waals surface area contributed by atoms with E-state index < -0.39 is 0 Å². The summed E-state index contributed by atoms with van der Waals surface area (Å²) in [5, 5.41) is 2.60. The van der Waals surface area contributed by atoms with Gasteiger partial charge in [-0.3, -0.25) is 9.59 Å². The maximum atomic E-state index is 12.6. The number of hydrogen-bond acceptors (Lipinski definition) is 3. The summed E-state index contributed by atoms with van der Waals surface area (Å²) >= 11 is 0. The molecule has 1 aliphatic rings. The van der Waals surface area contributed by atoms with E-state index in [0.29, 0.717) is 25.1 Å². The van der Waals surface area contributed by atoms with Crippen LogP contribution in [0.1, 0.15) is 54.4 Å². The minimum Gasteiger partial charge on any atom is -0.355 e. The molecule has 0 radical (unpaired) electrons. The molecule has 1 aromatic carbocycles. The van der Waals surface area contributed by atoms with Crippen molar-refractivity contribution in [2.24, 2.45) is 11.1 Å². The largest absolute Gasteiger partial charge is 0.355 e. The first kappa shape index (κ1) is 21.5. The van der Waals surface area contributed by atoms with Crippen molar-refractivity contribution in [2.75, 3.05) is 20.6 Å². The highest BCUT2D eigenvalue weighted by Crippen LogP contribution is 2.38. The highest BCUT2D eigenvalue weighted by molar-refractivity contribution is 5.93. The highest BCUT2D eigenvalue weighted by atomic mass is 35.5. The molecule has 1 fully saturated rings. The van der Waals surface area contributed by atoms with E-state index in [1.54, 1.807) is 24.1 Å². The molecule has 2 rings (SSSR count). The summed E-state index contributed by atoms with van der Waals surface area (Å²) in [6, 6.07) is 7.37. The standard InChI is InChI=1S/C19H29N3O2.ClH/c1-21-18(24)16-8-6-15(7-9-16)13-22(2)17(23)12-19(14-20)10-4-3-5-11-19;/h6-9H,3-5,10-14,20H2,1-2H3,(H,21,24);1H. The molecule has 0 atom stereocenters. The second kappa shape index (κ2) is 9.78. The maximum absolute atomic E-state index is 12.6. The number of carbonyl (C=O) groups is 2. The van der Waals surface area contributed by atoms with Crippen molar-refractivity contribution in [3.8, 4) is 0 Å². The van der Waals surface area contributed by atoms with Crippen molar-refractivity contribution in [1.82, 2.24) is 10.2 Å². The van der Waals surface area contributed by atoms with Crippen LogP contribution in [0.15, 0.2) is 24.3 Å². The number of nitrogens with two attached hydrogens (primary N) is 1. The van der Waals surface area contributed by atoms with E-state index in [4.69, 9.17) is 5.73 Å². The maximum Gasteiger partial charge on any atom is 0.251 e. The minimum absolute atomic E-state index is 0. The van der Waals surface area contributed by atoms with Crippen LogP contribution in [-0.2, 0) is 11.3 Å². The lowest BCUT2D eigenvalue weighted by molar-refractivity contribution is -0.133. The number of carbonyl (C=O) groups excluding carboxylic acids is 2. The molecule has 0 unspecified atom stereocenters. The zero-order chi connectivity index (χ0) is 17.6. The van der Waals surface area contributed by atoms with Gasteiger partial charge in [-0.15, -0.1) is 12.4 Å². The fourth-order valence-electron chi connectivity index (χ4n) is 3.48. The van der Waals surface area contributed by atoms with Crippen molar-refractivity contribution in [3.05, 3.63) is 35.4 Å². The average molecular weight is 368 g/mol. The predicted octanol–water partition coefficient (Wildman–Crippen LogP) is 2.73. The molecule has 0 bridgehead atoms. The van der Waals surface area contributed by atoms with Gasteiger partial charge < -0.3 is 16.0 Å². The number of nitrogens with one attached hydrogen (secondary N) is 1. The number of hydrogen-bond donors (Lipinski definition) is 2. The van der Waals surface area contributed by atoms with Gasteiger partial charge in [-0.1, -0.05) is 31.4 Å². The predicted molar refractivity (Wildman–Crippen MR) is 103 cm³/mol.